The highest BCUT2D eigenvalue weighted by atomic mass is 32.2. The fraction of sp³-hybridized carbons (Fsp3) is 0.455. The lowest BCUT2D eigenvalue weighted by Gasteiger charge is -2.22. The summed E-state index contributed by atoms with van der Waals surface area (Å²) in [5, 5.41) is 5.08. The number of imide groups is 1. The average molecular weight is 314 g/mol. The van der Waals surface area contributed by atoms with Gasteiger partial charge in [0.1, 0.15) is 18.5 Å². The minimum absolute atomic E-state index is 0.204. The number of amides is 2. The summed E-state index contributed by atoms with van der Waals surface area (Å²) in [6, 6.07) is -0.546. The molecule has 9 nitrogen and oxygen atoms in total. The Bertz CT molecular complexity index is 643. The van der Waals surface area contributed by atoms with Crippen molar-refractivity contribution in [3.8, 4) is 0 Å². The number of rotatable bonds is 5. The van der Waals surface area contributed by atoms with E-state index < -0.39 is 22.1 Å². The molecular formula is C11H14N4O5S. The molecule has 1 aliphatic rings. The summed E-state index contributed by atoms with van der Waals surface area (Å²) in [5.74, 6) is -0.345. The molecule has 21 heavy (non-hydrogen) atoms. The molecule has 1 aromatic heterocycles. The molecule has 0 spiro atoms. The Hall–Kier alpha value is -2.07. The lowest BCUT2D eigenvalue weighted by atomic mass is 10.1. The number of hydrogen-bond acceptors (Lipinski definition) is 8. The van der Waals surface area contributed by atoms with Crippen LogP contribution in [0.4, 0.5) is 5.82 Å². The summed E-state index contributed by atoms with van der Waals surface area (Å²) in [4.78, 5) is 30.6. The van der Waals surface area contributed by atoms with Crippen molar-refractivity contribution in [3.63, 3.8) is 0 Å². The second-order valence-corrected chi connectivity index (χ2v) is 6.15. The van der Waals surface area contributed by atoms with Gasteiger partial charge in [0.15, 0.2) is 0 Å². The first-order chi connectivity index (χ1) is 9.83. The number of nitrogens with zero attached hydrogens (tertiary/aromatic N) is 2. The normalized spacial score (nSPS) is 19.2. The molecule has 1 unspecified atom stereocenters. The molecule has 2 heterocycles. The van der Waals surface area contributed by atoms with Crippen LogP contribution in [0.1, 0.15) is 18.5 Å². The van der Waals surface area contributed by atoms with Gasteiger partial charge in [-0.25, -0.2) is 4.98 Å². The molecule has 114 valence electrons. The molecule has 0 saturated carbocycles. The Kier molecular flexibility index (Phi) is 4.48. The van der Waals surface area contributed by atoms with Crippen molar-refractivity contribution < 1.29 is 22.2 Å². The molecule has 1 fully saturated rings. The predicted octanol–water partition coefficient (Wildman–Crippen LogP) is -0.830. The number of piperidine rings is 1. The smallest absolute Gasteiger partial charge is 0.264 e. The monoisotopic (exact) mass is 314 g/mol. The number of hydrogen-bond donors (Lipinski definition) is 2. The highest BCUT2D eigenvalue weighted by Gasteiger charge is 2.26. The Morgan fingerprint density at radius 1 is 1.38 bits per heavy atom. The average Bonchev–Trinajstić information content (AvgIpc) is 2.40. The Labute approximate surface area is 121 Å². The maximum atomic E-state index is 11.6. The van der Waals surface area contributed by atoms with Crippen LogP contribution < -0.4 is 10.6 Å². The maximum absolute atomic E-state index is 11.6. The van der Waals surface area contributed by atoms with E-state index in [0.717, 1.165) is 6.26 Å². The van der Waals surface area contributed by atoms with Crippen LogP contribution in [0.3, 0.4) is 0 Å². The van der Waals surface area contributed by atoms with Crippen molar-refractivity contribution in [2.75, 3.05) is 11.6 Å². The zero-order valence-electron chi connectivity index (χ0n) is 11.2. The van der Waals surface area contributed by atoms with Gasteiger partial charge >= 0.3 is 0 Å². The fourth-order valence-electron chi connectivity index (χ4n) is 1.68. The van der Waals surface area contributed by atoms with Gasteiger partial charge in [-0.1, -0.05) is 0 Å². The third kappa shape index (κ3) is 4.76. The second kappa shape index (κ2) is 6.14. The Balaban J connectivity index is 1.93. The summed E-state index contributed by atoms with van der Waals surface area (Å²) in [6.45, 7) is -0.204. The molecule has 2 amide bonds. The third-order valence-electron chi connectivity index (χ3n) is 2.69. The third-order valence-corrected chi connectivity index (χ3v) is 3.23. The molecule has 2 N–H and O–H groups in total. The first-order valence-corrected chi connectivity index (χ1v) is 7.91. The molecule has 0 aliphatic carbocycles. The van der Waals surface area contributed by atoms with E-state index in [1.165, 1.54) is 12.4 Å². The van der Waals surface area contributed by atoms with Crippen molar-refractivity contribution in [3.05, 3.63) is 18.1 Å². The lowest BCUT2D eigenvalue weighted by molar-refractivity contribution is -0.133. The zero-order valence-corrected chi connectivity index (χ0v) is 12.0. The molecule has 0 bridgehead atoms. The van der Waals surface area contributed by atoms with Crippen LogP contribution >= 0.6 is 0 Å². The fourth-order valence-corrected chi connectivity index (χ4v) is 2.02. The number of aromatic nitrogens is 2. The zero-order chi connectivity index (χ0) is 15.5. The minimum atomic E-state index is -3.54. The molecule has 0 radical (unpaired) electrons. The Morgan fingerprint density at radius 2 is 2.14 bits per heavy atom. The molecule has 2 rings (SSSR count). The summed E-state index contributed by atoms with van der Waals surface area (Å²) < 4.78 is 26.3. The topological polar surface area (TPSA) is 127 Å². The minimum Gasteiger partial charge on any atom is -0.357 e. The van der Waals surface area contributed by atoms with Crippen LogP contribution in [-0.2, 0) is 30.5 Å². The van der Waals surface area contributed by atoms with Crippen LogP contribution in [0.25, 0.3) is 0 Å². The van der Waals surface area contributed by atoms with Crippen molar-refractivity contribution in [1.82, 2.24) is 15.3 Å². The SMILES string of the molecule is CS(=O)(=O)OCc1cnc(NC2CCC(=O)NC2=O)cn1. The predicted molar refractivity (Wildman–Crippen MR) is 71.5 cm³/mol. The molecule has 1 saturated heterocycles. The van der Waals surface area contributed by atoms with Crippen molar-refractivity contribution in [1.29, 1.82) is 0 Å². The molecule has 0 aromatic carbocycles. The molecular weight excluding hydrogens is 300 g/mol. The Morgan fingerprint density at radius 3 is 2.71 bits per heavy atom. The summed E-state index contributed by atoms with van der Waals surface area (Å²) in [6.07, 6.45) is 4.30. The van der Waals surface area contributed by atoms with E-state index in [1.54, 1.807) is 0 Å². The van der Waals surface area contributed by atoms with Gasteiger partial charge in [0.25, 0.3) is 10.1 Å². The summed E-state index contributed by atoms with van der Waals surface area (Å²) in [7, 11) is -3.54. The standard InChI is InChI=1S/C11H14N4O5S/c1-21(18,19)20-6-7-4-13-9(5-12-7)14-8-2-3-10(16)15-11(8)17/h4-5,8H,2-3,6H2,1H3,(H,13,14)(H,15,16,17). The van der Waals surface area contributed by atoms with Crippen molar-refractivity contribution in [2.24, 2.45) is 0 Å². The van der Waals surface area contributed by atoms with Crippen LogP contribution in [-0.4, -0.2) is 42.5 Å². The molecule has 1 aliphatic heterocycles. The largest absolute Gasteiger partial charge is 0.357 e. The molecule has 1 atom stereocenters. The van der Waals surface area contributed by atoms with E-state index in [9.17, 15) is 18.0 Å². The van der Waals surface area contributed by atoms with E-state index in [0.29, 0.717) is 17.9 Å². The number of anilines is 1. The van der Waals surface area contributed by atoms with Crippen LogP contribution in [0.2, 0.25) is 0 Å². The van der Waals surface area contributed by atoms with E-state index >= 15 is 0 Å². The quantitative estimate of drug-likeness (QED) is 0.532. The van der Waals surface area contributed by atoms with Gasteiger partial charge in [-0.2, -0.15) is 8.42 Å². The molecule has 10 heteroatoms. The van der Waals surface area contributed by atoms with E-state index in [-0.39, 0.29) is 18.9 Å². The molecule has 1 aromatic rings. The van der Waals surface area contributed by atoms with Crippen LogP contribution in [0.15, 0.2) is 12.4 Å². The summed E-state index contributed by atoms with van der Waals surface area (Å²) in [5.41, 5.74) is 0.342. The van der Waals surface area contributed by atoms with Crippen LogP contribution in [0, 0.1) is 0 Å². The number of carbonyl (C=O) groups is 2. The van der Waals surface area contributed by atoms with E-state index in [2.05, 4.69) is 24.8 Å². The van der Waals surface area contributed by atoms with E-state index in [4.69, 9.17) is 0 Å². The van der Waals surface area contributed by atoms with Gasteiger partial charge in [-0.3, -0.25) is 24.1 Å². The number of carbonyl (C=O) groups excluding carboxylic acids is 2. The summed E-state index contributed by atoms with van der Waals surface area (Å²) >= 11 is 0. The number of nitrogens with one attached hydrogen (secondary N) is 2. The van der Waals surface area contributed by atoms with Gasteiger partial charge in [-0.05, 0) is 6.42 Å². The first-order valence-electron chi connectivity index (χ1n) is 6.09. The maximum Gasteiger partial charge on any atom is 0.264 e. The van der Waals surface area contributed by atoms with Crippen molar-refractivity contribution >= 4 is 27.8 Å². The first kappa shape index (κ1) is 15.3. The second-order valence-electron chi connectivity index (χ2n) is 4.51. The van der Waals surface area contributed by atoms with Gasteiger partial charge in [0.2, 0.25) is 11.8 Å². The highest BCUT2D eigenvalue weighted by molar-refractivity contribution is 7.85. The van der Waals surface area contributed by atoms with E-state index in [1.807, 2.05) is 0 Å². The van der Waals surface area contributed by atoms with Gasteiger partial charge in [-0.15, -0.1) is 0 Å². The van der Waals surface area contributed by atoms with Gasteiger partial charge < -0.3 is 5.32 Å². The highest BCUT2D eigenvalue weighted by Crippen LogP contribution is 2.11. The lowest BCUT2D eigenvalue weighted by Crippen LogP contribution is -2.47. The van der Waals surface area contributed by atoms with Gasteiger partial charge in [0.05, 0.1) is 24.3 Å². The van der Waals surface area contributed by atoms with Gasteiger partial charge in [0, 0.05) is 6.42 Å². The van der Waals surface area contributed by atoms with Crippen LogP contribution in [0.5, 0.6) is 0 Å². The van der Waals surface area contributed by atoms with Crippen molar-refractivity contribution in [2.45, 2.75) is 25.5 Å².